The van der Waals surface area contributed by atoms with Crippen LogP contribution in [0.15, 0.2) is 168 Å². The summed E-state index contributed by atoms with van der Waals surface area (Å²) < 4.78 is 8.84. The Morgan fingerprint density at radius 2 is 0.962 bits per heavy atom. The van der Waals surface area contributed by atoms with E-state index in [1.54, 1.807) is 11.3 Å². The fourth-order valence-corrected chi connectivity index (χ4v) is 8.81. The lowest BCUT2D eigenvalue weighted by atomic mass is 9.97. The number of thiophene rings is 1. The average Bonchev–Trinajstić information content (AvgIpc) is 3.77. The molecule has 0 saturated heterocycles. The van der Waals surface area contributed by atoms with Gasteiger partial charge in [-0.2, -0.15) is 0 Å². The van der Waals surface area contributed by atoms with E-state index in [0.29, 0.717) is 17.5 Å². The molecular weight excluding hydrogens is 655 g/mol. The third-order valence-corrected chi connectivity index (χ3v) is 11.3. The lowest BCUT2D eigenvalue weighted by molar-refractivity contribution is 0.669. The first-order valence-corrected chi connectivity index (χ1v) is 18.2. The van der Waals surface area contributed by atoms with E-state index in [1.807, 2.05) is 0 Å². The Kier molecular flexibility index (Phi) is 6.39. The highest BCUT2D eigenvalue weighted by atomic mass is 32.1. The molecule has 3 aromatic heterocycles. The summed E-state index contributed by atoms with van der Waals surface area (Å²) in [6, 6.07) is 57.4. The molecule has 0 unspecified atom stereocenters. The molecule has 0 aliphatic carbocycles. The lowest BCUT2D eigenvalue weighted by Crippen LogP contribution is -2.01. The Balaban J connectivity index is 1.10. The Bertz CT molecular complexity index is 3190. The van der Waals surface area contributed by atoms with Crippen LogP contribution in [-0.4, -0.2) is 15.0 Å². The lowest BCUT2D eigenvalue weighted by Gasteiger charge is -2.11. The van der Waals surface area contributed by atoms with Crippen LogP contribution in [0.3, 0.4) is 0 Å². The Morgan fingerprint density at radius 3 is 1.83 bits per heavy atom. The summed E-state index contributed by atoms with van der Waals surface area (Å²) in [6.07, 6.45) is 0. The summed E-state index contributed by atoms with van der Waals surface area (Å²) >= 11 is 1.80. The van der Waals surface area contributed by atoms with E-state index in [-0.39, 0.29) is 0 Å². The molecule has 0 aliphatic rings. The number of nitrogens with zero attached hydrogens (tertiary/aromatic N) is 3. The minimum atomic E-state index is 0.634. The molecule has 52 heavy (non-hydrogen) atoms. The number of rotatable bonds is 4. The predicted molar refractivity (Wildman–Crippen MR) is 217 cm³/mol. The van der Waals surface area contributed by atoms with Crippen LogP contribution >= 0.6 is 11.3 Å². The molecule has 0 N–H and O–H groups in total. The standard InChI is InChI=1S/C47H27N3OS/c1-2-12-32-27-40-38(26-31(32)11-1)43-34(16-8-19-39(43)51-40)29-22-24-30(25-23-29)45-48-46(35-17-7-13-28-10-3-4-14-33(28)35)50-47(49-45)37-18-9-21-42-44(37)36-15-5-6-20-41(36)52-42/h1-27H. The first-order valence-electron chi connectivity index (χ1n) is 17.3. The molecule has 0 amide bonds. The van der Waals surface area contributed by atoms with E-state index in [4.69, 9.17) is 19.4 Å². The van der Waals surface area contributed by atoms with Gasteiger partial charge in [-0.25, -0.2) is 15.0 Å². The van der Waals surface area contributed by atoms with Gasteiger partial charge >= 0.3 is 0 Å². The first kappa shape index (κ1) is 29.1. The Hall–Kier alpha value is -6.69. The van der Waals surface area contributed by atoms with Crippen molar-refractivity contribution in [2.75, 3.05) is 0 Å². The topological polar surface area (TPSA) is 51.8 Å². The van der Waals surface area contributed by atoms with Gasteiger partial charge in [0, 0.05) is 47.6 Å². The van der Waals surface area contributed by atoms with Crippen LogP contribution in [-0.2, 0) is 0 Å². The third kappa shape index (κ3) is 4.57. The second-order valence-corrected chi connectivity index (χ2v) is 14.2. The Labute approximate surface area is 302 Å². The van der Waals surface area contributed by atoms with Crippen molar-refractivity contribution >= 4 is 75.0 Å². The zero-order valence-corrected chi connectivity index (χ0v) is 28.6. The van der Waals surface area contributed by atoms with Gasteiger partial charge in [-0.15, -0.1) is 11.3 Å². The van der Waals surface area contributed by atoms with Gasteiger partial charge in [-0.1, -0.05) is 133 Å². The van der Waals surface area contributed by atoms with Crippen molar-refractivity contribution in [1.29, 1.82) is 0 Å². The monoisotopic (exact) mass is 681 g/mol. The van der Waals surface area contributed by atoms with Crippen molar-refractivity contribution in [3.05, 3.63) is 164 Å². The molecule has 4 nitrogen and oxygen atoms in total. The summed E-state index contributed by atoms with van der Waals surface area (Å²) in [5, 5.41) is 9.24. The molecular formula is C47H27N3OS. The molecule has 0 radical (unpaired) electrons. The molecule has 11 aromatic rings. The zero-order chi connectivity index (χ0) is 34.2. The van der Waals surface area contributed by atoms with Gasteiger partial charge in [0.05, 0.1) is 0 Å². The van der Waals surface area contributed by atoms with Gasteiger partial charge in [0.25, 0.3) is 0 Å². The number of fused-ring (bicyclic) bond motifs is 8. The summed E-state index contributed by atoms with van der Waals surface area (Å²) in [5.74, 6) is 1.95. The summed E-state index contributed by atoms with van der Waals surface area (Å²) in [5.41, 5.74) is 6.90. The van der Waals surface area contributed by atoms with Crippen LogP contribution in [0.1, 0.15) is 0 Å². The van der Waals surface area contributed by atoms with Gasteiger partial charge < -0.3 is 4.42 Å². The van der Waals surface area contributed by atoms with E-state index in [2.05, 4.69) is 164 Å². The smallest absolute Gasteiger partial charge is 0.164 e. The second-order valence-electron chi connectivity index (χ2n) is 13.2. The summed E-state index contributed by atoms with van der Waals surface area (Å²) in [4.78, 5) is 15.6. The fraction of sp³-hybridized carbons (Fsp3) is 0. The molecule has 11 rings (SSSR count). The van der Waals surface area contributed by atoms with E-state index >= 15 is 0 Å². The normalized spacial score (nSPS) is 11.8. The fourth-order valence-electron chi connectivity index (χ4n) is 7.68. The first-order chi connectivity index (χ1) is 25.7. The third-order valence-electron chi connectivity index (χ3n) is 10.1. The summed E-state index contributed by atoms with van der Waals surface area (Å²) in [6.45, 7) is 0. The van der Waals surface area contributed by atoms with E-state index < -0.39 is 0 Å². The highest BCUT2D eigenvalue weighted by Gasteiger charge is 2.19. The predicted octanol–water partition coefficient (Wildman–Crippen LogP) is 13.1. The van der Waals surface area contributed by atoms with E-state index in [0.717, 1.165) is 60.5 Å². The maximum atomic E-state index is 6.38. The highest BCUT2D eigenvalue weighted by molar-refractivity contribution is 7.25. The number of benzene rings is 8. The quantitative estimate of drug-likeness (QED) is 0.185. The number of furan rings is 1. The van der Waals surface area contributed by atoms with Crippen LogP contribution in [0.4, 0.5) is 0 Å². The van der Waals surface area contributed by atoms with Gasteiger partial charge in [-0.05, 0) is 63.0 Å². The number of aromatic nitrogens is 3. The molecule has 0 atom stereocenters. The maximum Gasteiger partial charge on any atom is 0.164 e. The average molecular weight is 682 g/mol. The number of hydrogen-bond acceptors (Lipinski definition) is 5. The van der Waals surface area contributed by atoms with Gasteiger partial charge in [0.2, 0.25) is 0 Å². The van der Waals surface area contributed by atoms with E-state index in [1.165, 1.54) is 30.9 Å². The van der Waals surface area contributed by atoms with Gasteiger partial charge in [-0.3, -0.25) is 0 Å². The summed E-state index contributed by atoms with van der Waals surface area (Å²) in [7, 11) is 0. The SMILES string of the molecule is c1ccc2cc3c(cc2c1)oc1cccc(-c2ccc(-c4nc(-c5cccc6ccccc56)nc(-c5cccc6sc7ccccc7c56)n4)cc2)c13. The van der Waals surface area contributed by atoms with Crippen molar-refractivity contribution in [2.24, 2.45) is 0 Å². The van der Waals surface area contributed by atoms with Gasteiger partial charge in [0.15, 0.2) is 17.5 Å². The highest BCUT2D eigenvalue weighted by Crippen LogP contribution is 2.41. The molecule has 0 aliphatic heterocycles. The van der Waals surface area contributed by atoms with E-state index in [9.17, 15) is 0 Å². The largest absolute Gasteiger partial charge is 0.456 e. The van der Waals surface area contributed by atoms with Crippen molar-refractivity contribution in [2.45, 2.75) is 0 Å². The molecule has 0 bridgehead atoms. The zero-order valence-electron chi connectivity index (χ0n) is 27.7. The Morgan fingerprint density at radius 1 is 0.365 bits per heavy atom. The van der Waals surface area contributed by atoms with Crippen molar-refractivity contribution in [1.82, 2.24) is 15.0 Å². The van der Waals surface area contributed by atoms with Crippen LogP contribution in [0.25, 0.3) is 109 Å². The van der Waals surface area contributed by atoms with Gasteiger partial charge in [0.1, 0.15) is 11.2 Å². The molecule has 8 aromatic carbocycles. The molecule has 242 valence electrons. The van der Waals surface area contributed by atoms with Crippen molar-refractivity contribution in [3.8, 4) is 45.3 Å². The molecule has 0 saturated carbocycles. The van der Waals surface area contributed by atoms with Crippen molar-refractivity contribution < 1.29 is 4.42 Å². The van der Waals surface area contributed by atoms with Crippen LogP contribution in [0, 0.1) is 0 Å². The molecule has 3 heterocycles. The second kappa shape index (κ2) is 11.4. The molecule has 5 heteroatoms. The molecule has 0 spiro atoms. The minimum absolute atomic E-state index is 0.634. The molecule has 0 fully saturated rings. The number of hydrogen-bond donors (Lipinski definition) is 0. The van der Waals surface area contributed by atoms with Crippen LogP contribution in [0.5, 0.6) is 0 Å². The van der Waals surface area contributed by atoms with Crippen LogP contribution in [0.2, 0.25) is 0 Å². The minimum Gasteiger partial charge on any atom is -0.456 e. The maximum absolute atomic E-state index is 6.38. The van der Waals surface area contributed by atoms with Crippen molar-refractivity contribution in [3.63, 3.8) is 0 Å². The van der Waals surface area contributed by atoms with Crippen LogP contribution < -0.4 is 0 Å².